The first kappa shape index (κ1) is 18.7. The molecule has 1 aliphatic rings. The van der Waals surface area contributed by atoms with Crippen molar-refractivity contribution >= 4 is 35.0 Å². The van der Waals surface area contributed by atoms with Gasteiger partial charge in [-0.15, -0.1) is 11.8 Å². The van der Waals surface area contributed by atoms with Crippen LogP contribution in [-0.2, 0) is 0 Å². The van der Waals surface area contributed by atoms with Crippen molar-refractivity contribution in [2.24, 2.45) is 0 Å². The lowest BCUT2D eigenvalue weighted by Crippen LogP contribution is -2.30. The zero-order valence-corrected chi connectivity index (χ0v) is 16.1. The number of non-ortho nitro benzene ring substituents is 1. The number of rotatable bonds is 4. The average Bonchev–Trinajstić information content (AvgIpc) is 3.10. The van der Waals surface area contributed by atoms with Crippen LogP contribution in [0.4, 0.5) is 5.69 Å². The van der Waals surface area contributed by atoms with Gasteiger partial charge in [-0.3, -0.25) is 14.9 Å². The Labute approximate surface area is 161 Å². The molecule has 2 aromatic carbocycles. The van der Waals surface area contributed by atoms with Gasteiger partial charge in [-0.05, 0) is 23.1 Å². The summed E-state index contributed by atoms with van der Waals surface area (Å²) in [5.74, 6) is 1.09. The molecule has 7 heteroatoms. The Balaban J connectivity index is 1.85. The third kappa shape index (κ3) is 3.71. The number of hydrogen-bond donors (Lipinski definition) is 0. The number of halogens is 1. The molecule has 0 spiro atoms. The van der Waals surface area contributed by atoms with Gasteiger partial charge >= 0.3 is 0 Å². The minimum absolute atomic E-state index is 0.0741. The summed E-state index contributed by atoms with van der Waals surface area (Å²) in [6.45, 7) is 4.91. The summed E-state index contributed by atoms with van der Waals surface area (Å²) in [5, 5.41) is 10.9. The molecule has 0 unspecified atom stereocenters. The van der Waals surface area contributed by atoms with Crippen LogP contribution in [-0.4, -0.2) is 28.0 Å². The highest BCUT2D eigenvalue weighted by Gasteiger charge is 2.32. The molecule has 0 bridgehead atoms. The van der Waals surface area contributed by atoms with E-state index in [4.69, 9.17) is 11.6 Å². The lowest BCUT2D eigenvalue weighted by atomic mass is 10.0. The molecule has 136 valence electrons. The predicted molar refractivity (Wildman–Crippen MR) is 105 cm³/mol. The molecule has 0 aromatic heterocycles. The Morgan fingerprint density at radius 3 is 2.54 bits per heavy atom. The quantitative estimate of drug-likeness (QED) is 0.527. The molecule has 1 saturated heterocycles. The summed E-state index contributed by atoms with van der Waals surface area (Å²) >= 11 is 7.85. The summed E-state index contributed by atoms with van der Waals surface area (Å²) in [7, 11) is 0. The average molecular weight is 391 g/mol. The van der Waals surface area contributed by atoms with E-state index in [9.17, 15) is 14.9 Å². The van der Waals surface area contributed by atoms with Crippen molar-refractivity contribution in [1.29, 1.82) is 0 Å². The second-order valence-electron chi connectivity index (χ2n) is 6.46. The first-order valence-corrected chi connectivity index (χ1v) is 9.77. The number of carbonyl (C=O) groups excluding carboxylic acids is 1. The summed E-state index contributed by atoms with van der Waals surface area (Å²) in [4.78, 5) is 25.1. The van der Waals surface area contributed by atoms with Gasteiger partial charge in [-0.25, -0.2) is 0 Å². The van der Waals surface area contributed by atoms with Crippen LogP contribution in [0.15, 0.2) is 42.5 Å². The minimum atomic E-state index is -0.523. The monoisotopic (exact) mass is 390 g/mol. The van der Waals surface area contributed by atoms with Crippen molar-refractivity contribution in [2.75, 3.05) is 12.3 Å². The summed E-state index contributed by atoms with van der Waals surface area (Å²) < 4.78 is 0. The number of nitro benzene ring substituents is 1. The highest BCUT2D eigenvalue weighted by atomic mass is 35.5. The van der Waals surface area contributed by atoms with Crippen LogP contribution in [0.3, 0.4) is 0 Å². The summed E-state index contributed by atoms with van der Waals surface area (Å²) in [6.07, 6.45) is 0. The molecule has 0 radical (unpaired) electrons. The van der Waals surface area contributed by atoms with Gasteiger partial charge in [0.2, 0.25) is 0 Å². The van der Waals surface area contributed by atoms with Crippen molar-refractivity contribution in [3.63, 3.8) is 0 Å². The van der Waals surface area contributed by atoms with Gasteiger partial charge in [0.25, 0.3) is 11.6 Å². The van der Waals surface area contributed by atoms with Gasteiger partial charge in [0.15, 0.2) is 0 Å². The van der Waals surface area contributed by atoms with E-state index in [2.05, 4.69) is 38.1 Å². The number of benzene rings is 2. The lowest BCUT2D eigenvalue weighted by molar-refractivity contribution is -0.384. The Bertz CT molecular complexity index is 839. The van der Waals surface area contributed by atoms with Gasteiger partial charge in [-0.1, -0.05) is 49.7 Å². The predicted octanol–water partition coefficient (Wildman–Crippen LogP) is 5.26. The van der Waals surface area contributed by atoms with E-state index in [-0.39, 0.29) is 22.0 Å². The molecule has 0 saturated carbocycles. The second kappa shape index (κ2) is 7.68. The van der Waals surface area contributed by atoms with E-state index >= 15 is 0 Å². The first-order valence-electron chi connectivity index (χ1n) is 8.35. The summed E-state index contributed by atoms with van der Waals surface area (Å²) in [5.41, 5.74) is 2.50. The second-order valence-corrected chi connectivity index (χ2v) is 8.06. The third-order valence-corrected chi connectivity index (χ3v) is 6.01. The molecule has 1 amide bonds. The van der Waals surface area contributed by atoms with Gasteiger partial charge in [-0.2, -0.15) is 0 Å². The fraction of sp³-hybridized carbons (Fsp3) is 0.316. The van der Waals surface area contributed by atoms with Gasteiger partial charge in [0.05, 0.1) is 15.5 Å². The van der Waals surface area contributed by atoms with E-state index in [0.717, 1.165) is 11.3 Å². The SMILES string of the molecule is CC(C)c1ccc([C@H]2SCCN2C(=O)c2ccc([N+](=O)[O-])cc2Cl)cc1. The Morgan fingerprint density at radius 2 is 1.96 bits per heavy atom. The molecule has 1 aliphatic heterocycles. The molecule has 5 nitrogen and oxygen atoms in total. The molecule has 1 heterocycles. The van der Waals surface area contributed by atoms with E-state index in [1.54, 1.807) is 16.7 Å². The number of hydrogen-bond acceptors (Lipinski definition) is 4. The number of carbonyl (C=O) groups is 1. The van der Waals surface area contributed by atoms with Crippen LogP contribution in [0.2, 0.25) is 5.02 Å². The van der Waals surface area contributed by atoms with Crippen LogP contribution >= 0.6 is 23.4 Å². The van der Waals surface area contributed by atoms with E-state index in [1.807, 2.05) is 0 Å². The van der Waals surface area contributed by atoms with Crippen molar-refractivity contribution in [3.8, 4) is 0 Å². The number of nitro groups is 1. The molecule has 0 N–H and O–H groups in total. The molecule has 3 rings (SSSR count). The van der Waals surface area contributed by atoms with Crippen LogP contribution in [0.1, 0.15) is 46.6 Å². The summed E-state index contributed by atoms with van der Waals surface area (Å²) in [6, 6.07) is 12.3. The molecule has 1 fully saturated rings. The Kier molecular flexibility index (Phi) is 5.53. The van der Waals surface area contributed by atoms with Crippen LogP contribution < -0.4 is 0 Å². The maximum absolute atomic E-state index is 13.0. The van der Waals surface area contributed by atoms with Gasteiger partial charge in [0.1, 0.15) is 5.37 Å². The van der Waals surface area contributed by atoms with Crippen molar-refractivity contribution in [2.45, 2.75) is 25.1 Å². The molecule has 0 aliphatic carbocycles. The lowest BCUT2D eigenvalue weighted by Gasteiger charge is -2.25. The van der Waals surface area contributed by atoms with Crippen molar-refractivity contribution < 1.29 is 9.72 Å². The van der Waals surface area contributed by atoms with Crippen LogP contribution in [0, 0.1) is 10.1 Å². The largest absolute Gasteiger partial charge is 0.322 e. The van der Waals surface area contributed by atoms with E-state index in [1.165, 1.54) is 23.8 Å². The molecule has 26 heavy (non-hydrogen) atoms. The standard InChI is InChI=1S/C19H19ClN2O3S/c1-12(2)13-3-5-14(6-4-13)19-21(9-10-26-19)18(23)16-8-7-15(22(24)25)11-17(16)20/h3-8,11-12,19H,9-10H2,1-2H3/t19-/m1/s1. The van der Waals surface area contributed by atoms with Gasteiger partial charge in [0, 0.05) is 24.4 Å². The zero-order valence-electron chi connectivity index (χ0n) is 14.5. The molecular formula is C19H19ClN2O3S. The fourth-order valence-corrected chi connectivity index (χ4v) is 4.46. The normalized spacial score (nSPS) is 16.9. The van der Waals surface area contributed by atoms with Crippen LogP contribution in [0.5, 0.6) is 0 Å². The maximum Gasteiger partial charge on any atom is 0.270 e. The topological polar surface area (TPSA) is 63.5 Å². The molecular weight excluding hydrogens is 372 g/mol. The van der Waals surface area contributed by atoms with E-state index in [0.29, 0.717) is 18.0 Å². The smallest absolute Gasteiger partial charge is 0.270 e. The number of nitrogens with zero attached hydrogens (tertiary/aromatic N) is 2. The number of amides is 1. The van der Waals surface area contributed by atoms with Crippen LogP contribution in [0.25, 0.3) is 0 Å². The van der Waals surface area contributed by atoms with Crippen molar-refractivity contribution in [3.05, 3.63) is 74.3 Å². The van der Waals surface area contributed by atoms with E-state index < -0.39 is 4.92 Å². The molecule has 1 atom stereocenters. The zero-order chi connectivity index (χ0) is 18.8. The highest BCUT2D eigenvalue weighted by Crippen LogP contribution is 2.40. The van der Waals surface area contributed by atoms with Gasteiger partial charge < -0.3 is 4.90 Å². The third-order valence-electron chi connectivity index (χ3n) is 4.43. The fourth-order valence-electron chi connectivity index (χ4n) is 2.95. The first-order chi connectivity index (χ1) is 12.4. The Morgan fingerprint density at radius 1 is 1.27 bits per heavy atom. The number of thioether (sulfide) groups is 1. The Hall–Kier alpha value is -2.05. The maximum atomic E-state index is 13.0. The minimum Gasteiger partial charge on any atom is -0.322 e. The van der Waals surface area contributed by atoms with Crippen molar-refractivity contribution in [1.82, 2.24) is 4.90 Å². The highest BCUT2D eigenvalue weighted by molar-refractivity contribution is 7.99. The molecule has 2 aromatic rings.